The second-order valence-corrected chi connectivity index (χ2v) is 5.39. The van der Waals surface area contributed by atoms with Crippen LogP contribution in [-0.4, -0.2) is 66.1 Å². The molecular formula is C17H36O5. The van der Waals surface area contributed by atoms with Crippen LogP contribution in [0.5, 0.6) is 0 Å². The van der Waals surface area contributed by atoms with Crippen LogP contribution < -0.4 is 0 Å². The molecule has 1 atom stereocenters. The smallest absolute Gasteiger partial charge is 0.0701 e. The Hall–Kier alpha value is -0.200. The van der Waals surface area contributed by atoms with Crippen molar-refractivity contribution in [2.75, 3.05) is 66.1 Å². The van der Waals surface area contributed by atoms with E-state index in [1.54, 1.807) is 0 Å². The maximum atomic E-state index is 5.50. The van der Waals surface area contributed by atoms with Crippen LogP contribution in [0.2, 0.25) is 0 Å². The first-order valence-electron chi connectivity index (χ1n) is 8.69. The molecule has 0 fully saturated rings. The van der Waals surface area contributed by atoms with E-state index in [2.05, 4.69) is 20.8 Å². The van der Waals surface area contributed by atoms with Crippen LogP contribution in [0.4, 0.5) is 0 Å². The van der Waals surface area contributed by atoms with Crippen LogP contribution in [0, 0.1) is 5.92 Å². The highest BCUT2D eigenvalue weighted by atomic mass is 16.6. The van der Waals surface area contributed by atoms with Gasteiger partial charge in [0.15, 0.2) is 0 Å². The normalized spacial score (nSPS) is 12.7. The molecule has 0 bridgehead atoms. The zero-order valence-corrected chi connectivity index (χ0v) is 14.8. The maximum Gasteiger partial charge on any atom is 0.0701 e. The van der Waals surface area contributed by atoms with Crippen LogP contribution in [0.25, 0.3) is 0 Å². The van der Waals surface area contributed by atoms with Crippen molar-refractivity contribution < 1.29 is 23.7 Å². The lowest BCUT2D eigenvalue weighted by molar-refractivity contribution is -0.0133. The summed E-state index contributed by atoms with van der Waals surface area (Å²) in [5.41, 5.74) is 0. The molecule has 0 aromatic carbocycles. The summed E-state index contributed by atoms with van der Waals surface area (Å²) >= 11 is 0. The van der Waals surface area contributed by atoms with Crippen molar-refractivity contribution in [3.8, 4) is 0 Å². The Morgan fingerprint density at radius 3 is 1.41 bits per heavy atom. The molecule has 134 valence electrons. The van der Waals surface area contributed by atoms with Crippen LogP contribution in [0.1, 0.15) is 40.0 Å². The van der Waals surface area contributed by atoms with Gasteiger partial charge in [0.2, 0.25) is 0 Å². The molecule has 5 nitrogen and oxygen atoms in total. The quantitative estimate of drug-likeness (QED) is 0.363. The average Bonchev–Trinajstić information content (AvgIpc) is 2.54. The third-order valence-corrected chi connectivity index (χ3v) is 3.23. The van der Waals surface area contributed by atoms with Gasteiger partial charge in [0.05, 0.1) is 52.9 Å². The molecule has 0 saturated heterocycles. The van der Waals surface area contributed by atoms with Gasteiger partial charge in [-0.2, -0.15) is 0 Å². The highest BCUT2D eigenvalue weighted by molar-refractivity contribution is 4.45. The van der Waals surface area contributed by atoms with E-state index >= 15 is 0 Å². The van der Waals surface area contributed by atoms with Crippen molar-refractivity contribution in [3.63, 3.8) is 0 Å². The van der Waals surface area contributed by atoms with E-state index in [1.165, 1.54) is 6.42 Å². The summed E-state index contributed by atoms with van der Waals surface area (Å²) in [6.07, 6.45) is 3.44. The van der Waals surface area contributed by atoms with Gasteiger partial charge >= 0.3 is 0 Å². The van der Waals surface area contributed by atoms with Gasteiger partial charge in [0.1, 0.15) is 0 Å². The zero-order chi connectivity index (χ0) is 16.3. The maximum absolute atomic E-state index is 5.50. The van der Waals surface area contributed by atoms with Crippen molar-refractivity contribution in [2.45, 2.75) is 40.0 Å². The summed E-state index contributed by atoms with van der Waals surface area (Å²) in [7, 11) is 0. The predicted octanol–water partition coefficient (Wildman–Crippen LogP) is 2.92. The van der Waals surface area contributed by atoms with E-state index in [0.29, 0.717) is 58.8 Å². The topological polar surface area (TPSA) is 46.2 Å². The summed E-state index contributed by atoms with van der Waals surface area (Å²) in [5, 5.41) is 0. The third kappa shape index (κ3) is 17.9. The lowest BCUT2D eigenvalue weighted by Crippen LogP contribution is -2.14. The van der Waals surface area contributed by atoms with Gasteiger partial charge in [-0.25, -0.2) is 0 Å². The molecule has 0 radical (unpaired) electrons. The summed E-state index contributed by atoms with van der Waals surface area (Å²) in [6.45, 7) is 13.2. The molecule has 0 rings (SSSR count). The van der Waals surface area contributed by atoms with Crippen molar-refractivity contribution in [3.05, 3.63) is 0 Å². The van der Waals surface area contributed by atoms with E-state index in [9.17, 15) is 0 Å². The van der Waals surface area contributed by atoms with Gasteiger partial charge < -0.3 is 23.7 Å². The molecular weight excluding hydrogens is 284 g/mol. The second-order valence-electron chi connectivity index (χ2n) is 5.39. The molecule has 0 aliphatic rings. The van der Waals surface area contributed by atoms with Crippen molar-refractivity contribution in [1.82, 2.24) is 0 Å². The minimum atomic E-state index is 0.599. The van der Waals surface area contributed by atoms with Crippen LogP contribution in [-0.2, 0) is 23.7 Å². The highest BCUT2D eigenvalue weighted by Crippen LogP contribution is 1.99. The Morgan fingerprint density at radius 1 is 0.591 bits per heavy atom. The molecule has 0 N–H and O–H groups in total. The zero-order valence-electron chi connectivity index (χ0n) is 14.8. The van der Waals surface area contributed by atoms with E-state index < -0.39 is 0 Å². The van der Waals surface area contributed by atoms with Gasteiger partial charge in [-0.3, -0.25) is 0 Å². The van der Waals surface area contributed by atoms with Crippen LogP contribution >= 0.6 is 0 Å². The molecule has 0 saturated carbocycles. The largest absolute Gasteiger partial charge is 0.379 e. The van der Waals surface area contributed by atoms with Crippen molar-refractivity contribution >= 4 is 0 Å². The van der Waals surface area contributed by atoms with Crippen molar-refractivity contribution in [2.24, 2.45) is 5.92 Å². The van der Waals surface area contributed by atoms with E-state index in [0.717, 1.165) is 26.1 Å². The van der Waals surface area contributed by atoms with E-state index in [1.807, 2.05) is 0 Å². The highest BCUT2D eigenvalue weighted by Gasteiger charge is 1.98. The number of rotatable bonds is 18. The average molecular weight is 320 g/mol. The third-order valence-electron chi connectivity index (χ3n) is 3.23. The Kier molecular flexibility index (Phi) is 18.7. The first kappa shape index (κ1) is 21.8. The number of hydrogen-bond donors (Lipinski definition) is 0. The first-order chi connectivity index (χ1) is 10.8. The molecule has 0 spiro atoms. The fourth-order valence-corrected chi connectivity index (χ4v) is 1.53. The first-order valence-corrected chi connectivity index (χ1v) is 8.69. The SMILES string of the molecule is CCCCOCCOCCOCCOCCOCC(C)CC. The molecule has 0 amide bonds. The van der Waals surface area contributed by atoms with Gasteiger partial charge in [-0.1, -0.05) is 33.6 Å². The minimum absolute atomic E-state index is 0.599. The Labute approximate surface area is 136 Å². The lowest BCUT2D eigenvalue weighted by Gasteiger charge is -2.10. The summed E-state index contributed by atoms with van der Waals surface area (Å²) in [4.78, 5) is 0. The fraction of sp³-hybridized carbons (Fsp3) is 1.00. The van der Waals surface area contributed by atoms with E-state index in [4.69, 9.17) is 23.7 Å². The molecule has 1 unspecified atom stereocenters. The number of hydrogen-bond acceptors (Lipinski definition) is 5. The minimum Gasteiger partial charge on any atom is -0.379 e. The van der Waals surface area contributed by atoms with Crippen molar-refractivity contribution in [1.29, 1.82) is 0 Å². The number of ether oxygens (including phenoxy) is 5. The van der Waals surface area contributed by atoms with Gasteiger partial charge in [-0.05, 0) is 12.3 Å². The van der Waals surface area contributed by atoms with E-state index in [-0.39, 0.29) is 0 Å². The molecule has 0 heterocycles. The molecule has 22 heavy (non-hydrogen) atoms. The Bertz CT molecular complexity index is 201. The second kappa shape index (κ2) is 18.8. The van der Waals surface area contributed by atoms with Gasteiger partial charge in [-0.15, -0.1) is 0 Å². The Balaban J connectivity index is 2.97. The lowest BCUT2D eigenvalue weighted by atomic mass is 10.1. The Morgan fingerprint density at radius 2 is 1.00 bits per heavy atom. The standard InChI is InChI=1S/C17H36O5/c1-4-6-7-18-8-9-19-10-11-20-12-13-21-14-15-22-16-17(3)5-2/h17H,4-16H2,1-3H3. The predicted molar refractivity (Wildman–Crippen MR) is 88.5 cm³/mol. The van der Waals surface area contributed by atoms with Crippen LogP contribution in [0.15, 0.2) is 0 Å². The summed E-state index contributed by atoms with van der Waals surface area (Å²) in [6, 6.07) is 0. The molecule has 0 aliphatic heterocycles. The summed E-state index contributed by atoms with van der Waals surface area (Å²) < 4.78 is 27.1. The van der Waals surface area contributed by atoms with Crippen LogP contribution in [0.3, 0.4) is 0 Å². The van der Waals surface area contributed by atoms with Gasteiger partial charge in [0, 0.05) is 13.2 Å². The summed E-state index contributed by atoms with van der Waals surface area (Å²) in [5.74, 6) is 0.625. The fourth-order valence-electron chi connectivity index (χ4n) is 1.53. The monoisotopic (exact) mass is 320 g/mol. The number of unbranched alkanes of at least 4 members (excludes halogenated alkanes) is 1. The van der Waals surface area contributed by atoms with Gasteiger partial charge in [0.25, 0.3) is 0 Å². The molecule has 0 aromatic heterocycles. The molecule has 0 aliphatic carbocycles. The molecule has 0 aromatic rings. The molecule has 5 heteroatoms.